The van der Waals surface area contributed by atoms with Gasteiger partial charge in [0, 0.05) is 44.9 Å². The van der Waals surface area contributed by atoms with Crippen molar-refractivity contribution in [3.63, 3.8) is 0 Å². The Bertz CT molecular complexity index is 829. The van der Waals surface area contributed by atoms with Crippen LogP contribution in [0, 0.1) is 12.8 Å². The number of piperidine rings is 1. The van der Waals surface area contributed by atoms with Crippen LogP contribution in [0.2, 0.25) is 0 Å². The van der Waals surface area contributed by atoms with E-state index in [1.165, 1.54) is 0 Å². The van der Waals surface area contributed by atoms with Gasteiger partial charge in [0.15, 0.2) is 0 Å². The highest BCUT2D eigenvalue weighted by molar-refractivity contribution is 5.83. The molecule has 1 aliphatic heterocycles. The van der Waals surface area contributed by atoms with Crippen molar-refractivity contribution in [3.05, 3.63) is 47.3 Å². The van der Waals surface area contributed by atoms with Crippen LogP contribution in [0.25, 0.3) is 0 Å². The molecule has 2 amide bonds. The Labute approximate surface area is 165 Å². The number of hydrogen-bond donors (Lipinski definition) is 1. The number of methoxy groups -OCH3 is 1. The molecule has 0 bridgehead atoms. The molecule has 3 rings (SSSR count). The summed E-state index contributed by atoms with van der Waals surface area (Å²) >= 11 is 0. The van der Waals surface area contributed by atoms with Crippen LogP contribution < -0.4 is 10.1 Å². The molecule has 1 aromatic heterocycles. The highest BCUT2D eigenvalue weighted by Gasteiger charge is 2.29. The summed E-state index contributed by atoms with van der Waals surface area (Å²) in [6, 6.07) is 7.86. The van der Waals surface area contributed by atoms with E-state index in [0.29, 0.717) is 32.5 Å². The number of ether oxygens (including phenoxy) is 1. The topological polar surface area (TPSA) is 76.5 Å². The van der Waals surface area contributed by atoms with Crippen molar-refractivity contribution in [1.29, 1.82) is 0 Å². The van der Waals surface area contributed by atoms with Gasteiger partial charge in [-0.15, -0.1) is 0 Å². The number of aromatic nitrogens is 2. The molecular weight excluding hydrogens is 356 g/mol. The van der Waals surface area contributed by atoms with Crippen LogP contribution in [-0.4, -0.2) is 46.7 Å². The largest absolute Gasteiger partial charge is 0.497 e. The van der Waals surface area contributed by atoms with Gasteiger partial charge in [0.05, 0.1) is 18.7 Å². The molecule has 150 valence electrons. The zero-order valence-electron chi connectivity index (χ0n) is 16.8. The minimum atomic E-state index is -0.162. The highest BCUT2D eigenvalue weighted by Crippen LogP contribution is 2.19. The number of carbonyl (C=O) groups excluding carboxylic acids is 2. The number of hydrogen-bond acceptors (Lipinski definition) is 4. The van der Waals surface area contributed by atoms with Crippen LogP contribution in [-0.2, 0) is 29.6 Å². The van der Waals surface area contributed by atoms with Crippen molar-refractivity contribution >= 4 is 11.8 Å². The van der Waals surface area contributed by atoms with E-state index in [4.69, 9.17) is 4.74 Å². The molecule has 0 radical (unpaired) electrons. The Balaban J connectivity index is 1.51. The minimum Gasteiger partial charge on any atom is -0.497 e. The zero-order chi connectivity index (χ0) is 20.1. The molecule has 1 N–H and O–H groups in total. The van der Waals surface area contributed by atoms with Gasteiger partial charge in [0.1, 0.15) is 5.75 Å². The minimum absolute atomic E-state index is 0.00482. The zero-order valence-corrected chi connectivity index (χ0v) is 16.8. The lowest BCUT2D eigenvalue weighted by molar-refractivity contribution is -0.138. The monoisotopic (exact) mass is 384 g/mol. The fourth-order valence-electron chi connectivity index (χ4n) is 3.55. The number of likely N-dealkylation sites (tertiary alicyclic amines) is 1. The number of aryl methyl sites for hydroxylation is 2. The van der Waals surface area contributed by atoms with Gasteiger partial charge in [0.2, 0.25) is 11.8 Å². The van der Waals surface area contributed by atoms with Crippen LogP contribution >= 0.6 is 0 Å². The normalized spacial score (nSPS) is 16.9. The Kier molecular flexibility index (Phi) is 6.34. The Morgan fingerprint density at radius 2 is 2.07 bits per heavy atom. The van der Waals surface area contributed by atoms with E-state index in [-0.39, 0.29) is 17.7 Å². The molecule has 28 heavy (non-hydrogen) atoms. The molecular formula is C21H28N4O3. The summed E-state index contributed by atoms with van der Waals surface area (Å²) in [5.41, 5.74) is 3.08. The predicted octanol–water partition coefficient (Wildman–Crippen LogP) is 1.83. The van der Waals surface area contributed by atoms with Crippen LogP contribution in [0.1, 0.15) is 29.7 Å². The van der Waals surface area contributed by atoms with E-state index in [9.17, 15) is 9.59 Å². The number of nitrogens with zero attached hydrogens (tertiary/aromatic N) is 3. The van der Waals surface area contributed by atoms with E-state index in [1.807, 2.05) is 49.3 Å². The van der Waals surface area contributed by atoms with Gasteiger partial charge in [-0.05, 0) is 37.5 Å². The summed E-state index contributed by atoms with van der Waals surface area (Å²) in [6.45, 7) is 3.50. The van der Waals surface area contributed by atoms with Crippen LogP contribution in [0.15, 0.2) is 30.5 Å². The van der Waals surface area contributed by atoms with Gasteiger partial charge < -0.3 is 15.0 Å². The van der Waals surface area contributed by atoms with E-state index in [1.54, 1.807) is 11.8 Å². The maximum absolute atomic E-state index is 12.6. The first-order valence-electron chi connectivity index (χ1n) is 9.64. The van der Waals surface area contributed by atoms with Crippen molar-refractivity contribution in [2.75, 3.05) is 20.2 Å². The third-order valence-corrected chi connectivity index (χ3v) is 5.27. The third-order valence-electron chi connectivity index (χ3n) is 5.27. The second-order valence-electron chi connectivity index (χ2n) is 7.30. The smallest absolute Gasteiger partial charge is 0.225 e. The Hall–Kier alpha value is -2.83. The maximum atomic E-state index is 12.6. The number of nitrogens with one attached hydrogen (secondary N) is 1. The van der Waals surface area contributed by atoms with Gasteiger partial charge in [-0.2, -0.15) is 5.10 Å². The van der Waals surface area contributed by atoms with Crippen LogP contribution in [0.3, 0.4) is 0 Å². The van der Waals surface area contributed by atoms with E-state index in [0.717, 1.165) is 29.0 Å². The summed E-state index contributed by atoms with van der Waals surface area (Å²) < 4.78 is 6.92. The quantitative estimate of drug-likeness (QED) is 0.790. The molecule has 2 heterocycles. The van der Waals surface area contributed by atoms with Gasteiger partial charge in [-0.25, -0.2) is 0 Å². The van der Waals surface area contributed by atoms with Gasteiger partial charge in [-0.1, -0.05) is 12.1 Å². The molecule has 7 heteroatoms. The molecule has 0 unspecified atom stereocenters. The summed E-state index contributed by atoms with van der Waals surface area (Å²) in [7, 11) is 3.51. The molecule has 1 aliphatic rings. The molecule has 1 aromatic carbocycles. The van der Waals surface area contributed by atoms with Crippen molar-refractivity contribution in [3.8, 4) is 5.75 Å². The van der Waals surface area contributed by atoms with Crippen molar-refractivity contribution in [2.24, 2.45) is 13.0 Å². The molecule has 1 fully saturated rings. The van der Waals surface area contributed by atoms with Gasteiger partial charge in [-0.3, -0.25) is 14.3 Å². The van der Waals surface area contributed by atoms with Crippen molar-refractivity contribution in [2.45, 2.75) is 32.7 Å². The lowest BCUT2D eigenvalue weighted by Gasteiger charge is -2.32. The molecule has 1 atom stereocenters. The predicted molar refractivity (Wildman–Crippen MR) is 106 cm³/mol. The number of rotatable bonds is 7. The summed E-state index contributed by atoms with van der Waals surface area (Å²) in [5, 5.41) is 7.29. The summed E-state index contributed by atoms with van der Waals surface area (Å²) in [6.07, 6.45) is 3.71. The second kappa shape index (κ2) is 8.91. The number of amides is 2. The molecule has 0 saturated carbocycles. The first-order valence-corrected chi connectivity index (χ1v) is 9.64. The van der Waals surface area contributed by atoms with Crippen LogP contribution in [0.4, 0.5) is 0 Å². The lowest BCUT2D eigenvalue weighted by atomic mass is 9.96. The summed E-state index contributed by atoms with van der Waals surface area (Å²) in [5.74, 6) is 0.787. The van der Waals surface area contributed by atoms with E-state index >= 15 is 0 Å². The standard InChI is InChI=1S/C21H28N4O3/c1-15-18(13-24(2)23-15)12-22-21(27)17-6-9-20(26)25(14-17)11-10-16-4-7-19(28-3)8-5-16/h4-5,7-8,13,17H,6,9-12,14H2,1-3H3,(H,22,27)/t17-/m0/s1. The van der Waals surface area contributed by atoms with Crippen molar-refractivity contribution < 1.29 is 14.3 Å². The Morgan fingerprint density at radius 1 is 1.32 bits per heavy atom. The van der Waals surface area contributed by atoms with Gasteiger partial charge >= 0.3 is 0 Å². The summed E-state index contributed by atoms with van der Waals surface area (Å²) in [4.78, 5) is 26.7. The fraction of sp³-hybridized carbons (Fsp3) is 0.476. The van der Waals surface area contributed by atoms with E-state index < -0.39 is 0 Å². The highest BCUT2D eigenvalue weighted by atomic mass is 16.5. The second-order valence-corrected chi connectivity index (χ2v) is 7.30. The molecule has 2 aromatic rings. The molecule has 1 saturated heterocycles. The van der Waals surface area contributed by atoms with Crippen LogP contribution in [0.5, 0.6) is 5.75 Å². The molecule has 7 nitrogen and oxygen atoms in total. The molecule has 0 aliphatic carbocycles. The first-order chi connectivity index (χ1) is 13.5. The maximum Gasteiger partial charge on any atom is 0.225 e. The average molecular weight is 384 g/mol. The average Bonchev–Trinajstić information content (AvgIpc) is 3.03. The van der Waals surface area contributed by atoms with Gasteiger partial charge in [0.25, 0.3) is 0 Å². The SMILES string of the molecule is COc1ccc(CCN2C[C@@H](C(=O)NCc3cn(C)nc3C)CCC2=O)cc1. The molecule has 0 spiro atoms. The fourth-order valence-corrected chi connectivity index (χ4v) is 3.55. The van der Waals surface area contributed by atoms with Crippen molar-refractivity contribution in [1.82, 2.24) is 20.0 Å². The third kappa shape index (κ3) is 4.91. The first kappa shape index (κ1) is 19.9. The number of benzene rings is 1. The lowest BCUT2D eigenvalue weighted by Crippen LogP contribution is -2.46. The number of carbonyl (C=O) groups is 2. The Morgan fingerprint density at radius 3 is 2.71 bits per heavy atom. The van der Waals surface area contributed by atoms with E-state index in [2.05, 4.69) is 10.4 Å².